The Morgan fingerprint density at radius 1 is 0.977 bits per heavy atom. The van der Waals surface area contributed by atoms with Gasteiger partial charge in [0, 0.05) is 58.2 Å². The number of carboxylic acid groups (broad SMARTS) is 1. The summed E-state index contributed by atoms with van der Waals surface area (Å²) in [5.74, 6) is 1.71. The summed E-state index contributed by atoms with van der Waals surface area (Å²) in [6.07, 6.45) is 8.69. The quantitative estimate of drug-likeness (QED) is 0.310. The van der Waals surface area contributed by atoms with Gasteiger partial charge >= 0.3 is 5.97 Å². The highest BCUT2D eigenvalue weighted by Crippen LogP contribution is 2.38. The van der Waals surface area contributed by atoms with Crippen molar-refractivity contribution in [2.75, 3.05) is 44.2 Å². The van der Waals surface area contributed by atoms with E-state index >= 15 is 0 Å². The molecule has 2 saturated heterocycles. The lowest BCUT2D eigenvalue weighted by Gasteiger charge is -2.39. The van der Waals surface area contributed by atoms with Gasteiger partial charge in [0.15, 0.2) is 0 Å². The standard InChI is InChI=1S/C35H47N5O3/c1-26-36-35(37-43-26)40(22-17-27-11-5-2-6-12-27)31-18-20-38(21-19-31)23-30-24-39(25-32(30)28-13-7-3-8-14-28)33(34(41)42)29-15-9-4-10-16-29/h2-3,5-8,11-14,29-33H,4,9-10,15-25H2,1H3,(H,41,42)/t30-,32+,33+/m0/s1. The number of carboxylic acids is 1. The SMILES string of the molecule is Cc1nc(N(CCc2ccccc2)C2CCN(C[C@H]3CN([C@@H](C(=O)O)C4CCCCC4)C[C@@H]3c3ccccc3)CC2)no1. The van der Waals surface area contributed by atoms with Crippen molar-refractivity contribution < 1.29 is 14.4 Å². The maximum atomic E-state index is 12.6. The van der Waals surface area contributed by atoms with E-state index in [-0.39, 0.29) is 12.0 Å². The first-order chi connectivity index (χ1) is 21.0. The molecule has 8 nitrogen and oxygen atoms in total. The molecule has 3 heterocycles. The first-order valence-corrected chi connectivity index (χ1v) is 16.4. The zero-order valence-electron chi connectivity index (χ0n) is 25.6. The molecule has 3 aromatic rings. The second-order valence-electron chi connectivity index (χ2n) is 13.0. The van der Waals surface area contributed by atoms with E-state index in [9.17, 15) is 9.90 Å². The summed E-state index contributed by atoms with van der Waals surface area (Å²) < 4.78 is 5.38. The number of likely N-dealkylation sites (tertiary alicyclic amines) is 2. The maximum Gasteiger partial charge on any atom is 0.321 e. The van der Waals surface area contributed by atoms with Crippen LogP contribution in [-0.4, -0.2) is 82.4 Å². The van der Waals surface area contributed by atoms with Crippen molar-refractivity contribution in [3.8, 4) is 0 Å². The molecule has 43 heavy (non-hydrogen) atoms. The molecule has 1 aromatic heterocycles. The molecule has 3 atom stereocenters. The van der Waals surface area contributed by atoms with Crippen LogP contribution in [0.3, 0.4) is 0 Å². The predicted molar refractivity (Wildman–Crippen MR) is 168 cm³/mol. The van der Waals surface area contributed by atoms with Crippen LogP contribution in [0, 0.1) is 18.8 Å². The van der Waals surface area contributed by atoms with Crippen molar-refractivity contribution in [1.82, 2.24) is 19.9 Å². The van der Waals surface area contributed by atoms with E-state index in [0.717, 1.165) is 84.2 Å². The zero-order chi connectivity index (χ0) is 29.6. The minimum atomic E-state index is -0.632. The Morgan fingerprint density at radius 2 is 1.67 bits per heavy atom. The largest absolute Gasteiger partial charge is 0.480 e. The van der Waals surface area contributed by atoms with Crippen molar-refractivity contribution in [3.05, 3.63) is 77.7 Å². The summed E-state index contributed by atoms with van der Waals surface area (Å²) in [6.45, 7) is 7.45. The van der Waals surface area contributed by atoms with Gasteiger partial charge in [-0.3, -0.25) is 9.69 Å². The summed E-state index contributed by atoms with van der Waals surface area (Å²) >= 11 is 0. The second kappa shape index (κ2) is 14.0. The molecule has 0 radical (unpaired) electrons. The van der Waals surface area contributed by atoms with Crippen LogP contribution in [0.4, 0.5) is 5.95 Å². The second-order valence-corrected chi connectivity index (χ2v) is 13.0. The highest BCUT2D eigenvalue weighted by molar-refractivity contribution is 5.74. The molecule has 0 amide bonds. The van der Waals surface area contributed by atoms with E-state index in [0.29, 0.717) is 29.7 Å². The molecule has 0 spiro atoms. The van der Waals surface area contributed by atoms with E-state index in [2.05, 4.69) is 85.5 Å². The number of benzene rings is 2. The predicted octanol–water partition coefficient (Wildman–Crippen LogP) is 5.64. The Morgan fingerprint density at radius 3 is 2.33 bits per heavy atom. The topological polar surface area (TPSA) is 85.9 Å². The molecule has 1 N–H and O–H groups in total. The van der Waals surface area contributed by atoms with Crippen LogP contribution in [-0.2, 0) is 11.2 Å². The average molecular weight is 586 g/mol. The minimum absolute atomic E-state index is 0.271. The molecule has 230 valence electrons. The van der Waals surface area contributed by atoms with Crippen molar-refractivity contribution in [2.24, 2.45) is 11.8 Å². The Balaban J connectivity index is 1.12. The molecule has 3 fully saturated rings. The van der Waals surface area contributed by atoms with Gasteiger partial charge in [0.25, 0.3) is 5.95 Å². The molecule has 3 aliphatic rings. The molecule has 8 heteroatoms. The highest BCUT2D eigenvalue weighted by atomic mass is 16.5. The van der Waals surface area contributed by atoms with E-state index in [4.69, 9.17) is 4.52 Å². The van der Waals surface area contributed by atoms with E-state index < -0.39 is 5.97 Å². The van der Waals surface area contributed by atoms with Crippen molar-refractivity contribution in [3.63, 3.8) is 0 Å². The van der Waals surface area contributed by atoms with E-state index in [1.807, 2.05) is 6.92 Å². The zero-order valence-corrected chi connectivity index (χ0v) is 25.6. The average Bonchev–Trinajstić information content (AvgIpc) is 3.65. The Kier molecular flexibility index (Phi) is 9.74. The third-order valence-corrected chi connectivity index (χ3v) is 10.2. The number of nitrogens with zero attached hydrogens (tertiary/aromatic N) is 5. The van der Waals surface area contributed by atoms with Crippen molar-refractivity contribution in [1.29, 1.82) is 0 Å². The highest BCUT2D eigenvalue weighted by Gasteiger charge is 2.43. The van der Waals surface area contributed by atoms with Gasteiger partial charge < -0.3 is 19.4 Å². The van der Waals surface area contributed by atoms with Crippen LogP contribution >= 0.6 is 0 Å². The number of piperidine rings is 1. The number of anilines is 1. The number of aryl methyl sites for hydroxylation is 1. The summed E-state index contributed by atoms with van der Waals surface area (Å²) in [4.78, 5) is 24.5. The molecule has 0 unspecified atom stereocenters. The first kappa shape index (κ1) is 29.8. The van der Waals surface area contributed by atoms with Gasteiger partial charge in [0.1, 0.15) is 6.04 Å². The summed E-state index contributed by atoms with van der Waals surface area (Å²) in [5, 5.41) is 14.7. The third kappa shape index (κ3) is 7.29. The number of hydrogen-bond donors (Lipinski definition) is 1. The van der Waals surface area contributed by atoms with Gasteiger partial charge in [-0.1, -0.05) is 79.9 Å². The Bertz CT molecular complexity index is 1290. The molecular weight excluding hydrogens is 538 g/mol. The fourth-order valence-corrected chi connectivity index (χ4v) is 7.99. The van der Waals surface area contributed by atoms with Crippen LogP contribution in [0.15, 0.2) is 65.2 Å². The molecule has 6 rings (SSSR count). The summed E-state index contributed by atoms with van der Waals surface area (Å²) in [7, 11) is 0. The molecule has 1 saturated carbocycles. The van der Waals surface area contributed by atoms with Gasteiger partial charge in [-0.15, -0.1) is 0 Å². The number of aromatic nitrogens is 2. The number of carbonyl (C=O) groups is 1. The summed E-state index contributed by atoms with van der Waals surface area (Å²) in [5.41, 5.74) is 2.66. The van der Waals surface area contributed by atoms with Crippen molar-refractivity contribution in [2.45, 2.75) is 76.3 Å². The van der Waals surface area contributed by atoms with Gasteiger partial charge in [-0.2, -0.15) is 4.98 Å². The van der Waals surface area contributed by atoms with Crippen LogP contribution in [0.25, 0.3) is 0 Å². The molecular formula is C35H47N5O3. The fraction of sp³-hybridized carbons (Fsp3) is 0.571. The lowest BCUT2D eigenvalue weighted by molar-refractivity contribution is -0.145. The van der Waals surface area contributed by atoms with Crippen LogP contribution < -0.4 is 4.90 Å². The van der Waals surface area contributed by atoms with Crippen LogP contribution in [0.5, 0.6) is 0 Å². The molecule has 2 aliphatic heterocycles. The lowest BCUT2D eigenvalue weighted by atomic mass is 9.83. The smallest absolute Gasteiger partial charge is 0.321 e. The van der Waals surface area contributed by atoms with Crippen LogP contribution in [0.2, 0.25) is 0 Å². The maximum absolute atomic E-state index is 12.6. The minimum Gasteiger partial charge on any atom is -0.480 e. The van der Waals surface area contributed by atoms with Gasteiger partial charge in [-0.05, 0) is 60.2 Å². The normalized spacial score (nSPS) is 23.4. The van der Waals surface area contributed by atoms with Gasteiger partial charge in [0.05, 0.1) is 0 Å². The van der Waals surface area contributed by atoms with Crippen LogP contribution in [0.1, 0.15) is 67.9 Å². The van der Waals surface area contributed by atoms with E-state index in [1.54, 1.807) is 0 Å². The Labute approximate surface area is 256 Å². The first-order valence-electron chi connectivity index (χ1n) is 16.4. The van der Waals surface area contributed by atoms with Gasteiger partial charge in [0.2, 0.25) is 5.89 Å². The Hall–Kier alpha value is -3.23. The van der Waals surface area contributed by atoms with Crippen molar-refractivity contribution >= 4 is 11.9 Å². The monoisotopic (exact) mass is 585 g/mol. The molecule has 1 aliphatic carbocycles. The third-order valence-electron chi connectivity index (χ3n) is 10.2. The van der Waals surface area contributed by atoms with Gasteiger partial charge in [-0.25, -0.2) is 0 Å². The number of aliphatic carboxylic acids is 1. The molecule has 0 bridgehead atoms. The number of hydrogen-bond acceptors (Lipinski definition) is 7. The molecule has 2 aromatic carbocycles. The summed E-state index contributed by atoms with van der Waals surface area (Å²) in [6, 6.07) is 21.4. The van der Waals surface area contributed by atoms with E-state index in [1.165, 1.54) is 17.5 Å². The number of rotatable bonds is 11. The fourth-order valence-electron chi connectivity index (χ4n) is 7.99. The lowest BCUT2D eigenvalue weighted by Crippen LogP contribution is -2.48.